The quantitative estimate of drug-likeness (QED) is 0.827. The second-order valence-electron chi connectivity index (χ2n) is 3.85. The van der Waals surface area contributed by atoms with Crippen LogP contribution in [0.25, 0.3) is 0 Å². The Hall–Kier alpha value is -0.310. The maximum Gasteiger partial charge on any atom is 0.0917 e. The smallest absolute Gasteiger partial charge is 0.0917 e. The van der Waals surface area contributed by atoms with Crippen LogP contribution in [0.2, 0.25) is 5.02 Å². The summed E-state index contributed by atoms with van der Waals surface area (Å²) in [5.74, 6) is 0. The zero-order valence-corrected chi connectivity index (χ0v) is 11.2. The third kappa shape index (κ3) is 2.83. The van der Waals surface area contributed by atoms with Gasteiger partial charge in [0.25, 0.3) is 0 Å². The third-order valence-electron chi connectivity index (χ3n) is 2.37. The average Bonchev–Trinajstić information content (AvgIpc) is 2.11. The third-order valence-corrected chi connectivity index (χ3v) is 3.54. The van der Waals surface area contributed by atoms with Gasteiger partial charge in [-0.3, -0.25) is 0 Å². The molecule has 1 nitrogen and oxygen atoms in total. The summed E-state index contributed by atoms with van der Waals surface area (Å²) in [7, 11) is 0. The van der Waals surface area contributed by atoms with Gasteiger partial charge in [-0.1, -0.05) is 39.7 Å². The van der Waals surface area contributed by atoms with Crippen molar-refractivity contribution in [3.63, 3.8) is 0 Å². The molecule has 0 saturated heterocycles. The number of hydrogen-bond acceptors (Lipinski definition) is 1. The van der Waals surface area contributed by atoms with Gasteiger partial charge in [-0.2, -0.15) is 0 Å². The minimum Gasteiger partial charge on any atom is -0.385 e. The molecule has 0 aliphatic heterocycles. The van der Waals surface area contributed by atoms with Gasteiger partial charge in [-0.15, -0.1) is 6.58 Å². The second kappa shape index (κ2) is 4.69. The van der Waals surface area contributed by atoms with E-state index in [-0.39, 0.29) is 0 Å². The van der Waals surface area contributed by atoms with E-state index < -0.39 is 5.60 Å². The summed E-state index contributed by atoms with van der Waals surface area (Å²) in [6.45, 7) is 7.33. The first-order valence-electron chi connectivity index (χ1n) is 4.68. The van der Waals surface area contributed by atoms with E-state index in [9.17, 15) is 5.11 Å². The van der Waals surface area contributed by atoms with Gasteiger partial charge >= 0.3 is 0 Å². The summed E-state index contributed by atoms with van der Waals surface area (Å²) < 4.78 is 0.950. The lowest BCUT2D eigenvalue weighted by atomic mass is 9.91. The van der Waals surface area contributed by atoms with E-state index in [1.165, 1.54) is 0 Å². The van der Waals surface area contributed by atoms with E-state index in [1.54, 1.807) is 13.0 Å². The van der Waals surface area contributed by atoms with Gasteiger partial charge in [0.2, 0.25) is 0 Å². The number of halogens is 2. The highest BCUT2D eigenvalue weighted by Gasteiger charge is 2.24. The lowest BCUT2D eigenvalue weighted by Gasteiger charge is -2.24. The Kier molecular flexibility index (Phi) is 3.99. The summed E-state index contributed by atoms with van der Waals surface area (Å²) in [4.78, 5) is 0. The van der Waals surface area contributed by atoms with Crippen molar-refractivity contribution in [1.82, 2.24) is 0 Å². The van der Waals surface area contributed by atoms with Crippen molar-refractivity contribution in [3.05, 3.63) is 45.4 Å². The molecular weight excluding hydrogens is 275 g/mol. The zero-order valence-electron chi connectivity index (χ0n) is 8.85. The van der Waals surface area contributed by atoms with Crippen molar-refractivity contribution in [3.8, 4) is 0 Å². The Morgan fingerprint density at radius 2 is 2.20 bits per heavy atom. The van der Waals surface area contributed by atoms with Crippen LogP contribution < -0.4 is 0 Å². The number of benzene rings is 1. The predicted molar refractivity (Wildman–Crippen MR) is 68.3 cm³/mol. The van der Waals surface area contributed by atoms with Crippen LogP contribution >= 0.6 is 27.5 Å². The second-order valence-corrected chi connectivity index (χ2v) is 5.11. The molecule has 0 amide bonds. The molecule has 0 spiro atoms. The molecule has 0 aromatic heterocycles. The Morgan fingerprint density at radius 3 is 2.73 bits per heavy atom. The standard InChI is InChI=1S/C12H14BrClO/c1-4-5-12(3,15)9-6-8(2)10(13)7-11(9)14/h4,6-7,15H,1,5H2,2-3H3. The topological polar surface area (TPSA) is 20.2 Å². The van der Waals surface area contributed by atoms with E-state index in [1.807, 2.05) is 19.1 Å². The molecule has 82 valence electrons. The van der Waals surface area contributed by atoms with Crippen LogP contribution in [-0.4, -0.2) is 5.11 Å². The van der Waals surface area contributed by atoms with E-state index in [2.05, 4.69) is 22.5 Å². The molecule has 1 unspecified atom stereocenters. The Bertz CT molecular complexity index is 385. The fourth-order valence-corrected chi connectivity index (χ4v) is 2.30. The molecule has 1 atom stereocenters. The fourth-order valence-electron chi connectivity index (χ4n) is 1.46. The molecule has 0 radical (unpaired) electrons. The van der Waals surface area contributed by atoms with Crippen LogP contribution in [0, 0.1) is 6.92 Å². The summed E-state index contributed by atoms with van der Waals surface area (Å²) in [6, 6.07) is 3.71. The summed E-state index contributed by atoms with van der Waals surface area (Å²) >= 11 is 9.50. The van der Waals surface area contributed by atoms with Crippen molar-refractivity contribution in [2.24, 2.45) is 0 Å². The Labute approximate surface area is 104 Å². The SMILES string of the molecule is C=CCC(C)(O)c1cc(C)c(Br)cc1Cl. The van der Waals surface area contributed by atoms with Crippen LogP contribution in [0.5, 0.6) is 0 Å². The van der Waals surface area contributed by atoms with Gasteiger partial charge in [0.15, 0.2) is 0 Å². The molecule has 1 rings (SSSR count). The van der Waals surface area contributed by atoms with Gasteiger partial charge in [0.05, 0.1) is 5.60 Å². The van der Waals surface area contributed by atoms with Crippen molar-refractivity contribution in [2.75, 3.05) is 0 Å². The van der Waals surface area contributed by atoms with Gasteiger partial charge < -0.3 is 5.11 Å². The molecule has 1 N–H and O–H groups in total. The zero-order chi connectivity index (χ0) is 11.6. The first-order chi connectivity index (χ1) is 6.88. The molecule has 15 heavy (non-hydrogen) atoms. The number of aryl methyl sites for hydroxylation is 1. The first kappa shape index (κ1) is 12.8. The molecular formula is C12H14BrClO. The van der Waals surface area contributed by atoms with E-state index in [0.717, 1.165) is 15.6 Å². The molecule has 0 fully saturated rings. The molecule has 0 aliphatic carbocycles. The monoisotopic (exact) mass is 288 g/mol. The van der Waals surface area contributed by atoms with Crippen LogP contribution in [0.3, 0.4) is 0 Å². The molecule has 0 aliphatic rings. The van der Waals surface area contributed by atoms with Crippen molar-refractivity contribution >= 4 is 27.5 Å². The molecule has 3 heteroatoms. The molecule has 1 aromatic carbocycles. The fraction of sp³-hybridized carbons (Fsp3) is 0.333. The summed E-state index contributed by atoms with van der Waals surface area (Å²) in [6.07, 6.45) is 2.17. The molecule has 0 saturated carbocycles. The van der Waals surface area contributed by atoms with Crippen LogP contribution in [0.1, 0.15) is 24.5 Å². The lowest BCUT2D eigenvalue weighted by Crippen LogP contribution is -2.20. The van der Waals surface area contributed by atoms with Crippen LogP contribution in [-0.2, 0) is 5.60 Å². The van der Waals surface area contributed by atoms with Gasteiger partial charge in [-0.25, -0.2) is 0 Å². The number of aliphatic hydroxyl groups is 1. The molecule has 0 bridgehead atoms. The summed E-state index contributed by atoms with van der Waals surface area (Å²) in [5.41, 5.74) is 0.841. The maximum atomic E-state index is 10.2. The van der Waals surface area contributed by atoms with Crippen molar-refractivity contribution in [1.29, 1.82) is 0 Å². The van der Waals surface area contributed by atoms with E-state index in [0.29, 0.717) is 11.4 Å². The number of hydrogen-bond donors (Lipinski definition) is 1. The predicted octanol–water partition coefficient (Wildman–Crippen LogP) is 4.19. The Morgan fingerprint density at radius 1 is 1.60 bits per heavy atom. The van der Waals surface area contributed by atoms with E-state index >= 15 is 0 Å². The summed E-state index contributed by atoms with van der Waals surface area (Å²) in [5, 5.41) is 10.8. The van der Waals surface area contributed by atoms with Crippen molar-refractivity contribution in [2.45, 2.75) is 25.9 Å². The van der Waals surface area contributed by atoms with Gasteiger partial charge in [0.1, 0.15) is 0 Å². The maximum absolute atomic E-state index is 10.2. The first-order valence-corrected chi connectivity index (χ1v) is 5.85. The minimum absolute atomic E-state index is 0.480. The largest absolute Gasteiger partial charge is 0.385 e. The van der Waals surface area contributed by atoms with Crippen LogP contribution in [0.15, 0.2) is 29.3 Å². The average molecular weight is 290 g/mol. The highest BCUT2D eigenvalue weighted by molar-refractivity contribution is 9.10. The minimum atomic E-state index is -0.954. The van der Waals surface area contributed by atoms with Gasteiger partial charge in [-0.05, 0) is 31.9 Å². The Balaban J connectivity index is 3.25. The van der Waals surface area contributed by atoms with Crippen LogP contribution in [0.4, 0.5) is 0 Å². The highest BCUT2D eigenvalue weighted by atomic mass is 79.9. The molecule has 1 aromatic rings. The highest BCUT2D eigenvalue weighted by Crippen LogP contribution is 2.34. The number of rotatable bonds is 3. The lowest BCUT2D eigenvalue weighted by molar-refractivity contribution is 0.0607. The normalized spacial score (nSPS) is 14.7. The van der Waals surface area contributed by atoms with E-state index in [4.69, 9.17) is 11.6 Å². The van der Waals surface area contributed by atoms with Gasteiger partial charge in [0, 0.05) is 15.1 Å². The molecule has 0 heterocycles. The van der Waals surface area contributed by atoms with Crippen molar-refractivity contribution < 1.29 is 5.11 Å².